The first-order valence-corrected chi connectivity index (χ1v) is 6.38. The number of hydrogen-bond acceptors (Lipinski definition) is 5. The summed E-state index contributed by atoms with van der Waals surface area (Å²) in [6, 6.07) is 11.9. The van der Waals surface area contributed by atoms with E-state index in [1.807, 2.05) is 0 Å². The lowest BCUT2D eigenvalue weighted by atomic mass is 10.2. The summed E-state index contributed by atoms with van der Waals surface area (Å²) in [5.41, 5.74) is 7.09. The summed E-state index contributed by atoms with van der Waals surface area (Å²) in [4.78, 5) is 12.0. The van der Waals surface area contributed by atoms with E-state index in [4.69, 9.17) is 10.2 Å². The lowest BCUT2D eigenvalue weighted by Crippen LogP contribution is -2.12. The van der Waals surface area contributed by atoms with Crippen molar-refractivity contribution in [2.24, 2.45) is 0 Å². The van der Waals surface area contributed by atoms with Crippen LogP contribution in [0, 0.1) is 5.82 Å². The molecule has 6 nitrogen and oxygen atoms in total. The Bertz CT molecular complexity index is 797. The number of nitrogens with one attached hydrogen (secondary N) is 1. The highest BCUT2D eigenvalue weighted by Crippen LogP contribution is 2.20. The molecule has 1 heterocycles. The van der Waals surface area contributed by atoms with Gasteiger partial charge in [-0.15, -0.1) is 5.10 Å². The molecule has 7 heteroatoms. The highest BCUT2D eigenvalue weighted by Gasteiger charge is 2.12. The predicted molar refractivity (Wildman–Crippen MR) is 78.5 cm³/mol. The van der Waals surface area contributed by atoms with Crippen LogP contribution in [0.1, 0.15) is 10.4 Å². The smallest absolute Gasteiger partial charge is 0.322 e. The average molecular weight is 298 g/mol. The summed E-state index contributed by atoms with van der Waals surface area (Å²) < 4.78 is 18.2. The van der Waals surface area contributed by atoms with Gasteiger partial charge in [-0.1, -0.05) is 5.10 Å². The van der Waals surface area contributed by atoms with Crippen LogP contribution >= 0.6 is 0 Å². The topological polar surface area (TPSA) is 94.0 Å². The molecule has 0 unspecified atom stereocenters. The lowest BCUT2D eigenvalue weighted by Gasteiger charge is -2.00. The second-order valence-electron chi connectivity index (χ2n) is 4.50. The molecule has 0 spiro atoms. The Labute approximate surface area is 124 Å². The zero-order valence-electron chi connectivity index (χ0n) is 11.3. The summed E-state index contributed by atoms with van der Waals surface area (Å²) in [6.45, 7) is 0. The van der Waals surface area contributed by atoms with Gasteiger partial charge in [0.1, 0.15) is 5.82 Å². The van der Waals surface area contributed by atoms with Gasteiger partial charge in [0.05, 0.1) is 0 Å². The minimum Gasteiger partial charge on any atom is -0.403 e. The molecule has 0 atom stereocenters. The average Bonchev–Trinajstić information content (AvgIpc) is 2.97. The van der Waals surface area contributed by atoms with Crippen LogP contribution in [-0.2, 0) is 0 Å². The molecule has 110 valence electrons. The number of anilines is 2. The van der Waals surface area contributed by atoms with E-state index in [0.29, 0.717) is 16.8 Å². The molecule has 0 radical (unpaired) electrons. The summed E-state index contributed by atoms with van der Waals surface area (Å²) in [5, 5.41) is 10.0. The monoisotopic (exact) mass is 298 g/mol. The van der Waals surface area contributed by atoms with Crippen molar-refractivity contribution in [3.05, 3.63) is 59.9 Å². The largest absolute Gasteiger partial charge is 0.403 e. The Balaban J connectivity index is 1.75. The van der Waals surface area contributed by atoms with Gasteiger partial charge in [0, 0.05) is 16.8 Å². The van der Waals surface area contributed by atoms with Crippen LogP contribution in [0.5, 0.6) is 0 Å². The Morgan fingerprint density at radius 1 is 1.05 bits per heavy atom. The van der Waals surface area contributed by atoms with E-state index < -0.39 is 5.91 Å². The zero-order valence-corrected chi connectivity index (χ0v) is 11.3. The van der Waals surface area contributed by atoms with Crippen LogP contribution < -0.4 is 11.1 Å². The fraction of sp³-hybridized carbons (Fsp3) is 0. The predicted octanol–water partition coefficient (Wildman–Crippen LogP) is 2.71. The summed E-state index contributed by atoms with van der Waals surface area (Å²) in [6.07, 6.45) is 0. The third kappa shape index (κ3) is 2.93. The van der Waals surface area contributed by atoms with E-state index in [1.165, 1.54) is 24.3 Å². The number of halogens is 1. The first-order valence-electron chi connectivity index (χ1n) is 6.38. The maximum absolute atomic E-state index is 12.9. The number of rotatable bonds is 3. The van der Waals surface area contributed by atoms with E-state index >= 15 is 0 Å². The van der Waals surface area contributed by atoms with Gasteiger partial charge in [-0.05, 0) is 48.5 Å². The van der Waals surface area contributed by atoms with Gasteiger partial charge >= 0.3 is 6.01 Å². The molecule has 0 aliphatic heterocycles. The molecule has 0 aliphatic rings. The molecule has 3 rings (SSSR count). The van der Waals surface area contributed by atoms with Crippen molar-refractivity contribution in [3.63, 3.8) is 0 Å². The Hall–Kier alpha value is -3.22. The normalized spacial score (nSPS) is 10.4. The lowest BCUT2D eigenvalue weighted by molar-refractivity contribution is 0.102. The van der Waals surface area contributed by atoms with E-state index in [1.54, 1.807) is 24.3 Å². The number of hydrogen-bond donors (Lipinski definition) is 2. The summed E-state index contributed by atoms with van der Waals surface area (Å²) in [5.74, 6) is -0.568. The Morgan fingerprint density at radius 3 is 2.41 bits per heavy atom. The van der Waals surface area contributed by atoms with Crippen molar-refractivity contribution in [1.29, 1.82) is 0 Å². The van der Waals surface area contributed by atoms with Gasteiger partial charge < -0.3 is 10.2 Å². The van der Waals surface area contributed by atoms with Gasteiger partial charge in [-0.3, -0.25) is 10.1 Å². The van der Waals surface area contributed by atoms with Crippen molar-refractivity contribution in [3.8, 4) is 11.5 Å². The molecule has 3 aromatic rings. The maximum Gasteiger partial charge on any atom is 0.322 e. The second kappa shape index (κ2) is 5.65. The Kier molecular flexibility index (Phi) is 3.53. The highest BCUT2D eigenvalue weighted by molar-refractivity contribution is 6.03. The third-order valence-corrected chi connectivity index (χ3v) is 2.91. The number of aromatic nitrogens is 2. The van der Waals surface area contributed by atoms with E-state index in [2.05, 4.69) is 15.5 Å². The van der Waals surface area contributed by atoms with Crippen LogP contribution in [0.3, 0.4) is 0 Å². The second-order valence-corrected chi connectivity index (χ2v) is 4.50. The van der Waals surface area contributed by atoms with Gasteiger partial charge in [0.25, 0.3) is 5.91 Å². The first kappa shape index (κ1) is 13.7. The number of nitrogen functional groups attached to an aromatic ring is 1. The molecule has 0 bridgehead atoms. The molecular weight excluding hydrogens is 287 g/mol. The molecule has 0 saturated carbocycles. The SMILES string of the molecule is Nc1ccc(C(=O)Nc2nnc(-c3ccc(F)cc3)o2)cc1. The van der Waals surface area contributed by atoms with Crippen molar-refractivity contribution in [2.75, 3.05) is 11.1 Å². The number of carbonyl (C=O) groups is 1. The first-order chi connectivity index (χ1) is 10.6. The minimum absolute atomic E-state index is 0.0406. The molecule has 0 aliphatic carbocycles. The molecule has 2 aromatic carbocycles. The van der Waals surface area contributed by atoms with Crippen molar-refractivity contribution in [2.45, 2.75) is 0 Å². The minimum atomic E-state index is -0.394. The number of nitrogens with zero attached hydrogens (tertiary/aromatic N) is 2. The van der Waals surface area contributed by atoms with Crippen molar-refractivity contribution < 1.29 is 13.6 Å². The van der Waals surface area contributed by atoms with Crippen LogP contribution in [0.4, 0.5) is 16.1 Å². The van der Waals surface area contributed by atoms with Crippen LogP contribution in [0.2, 0.25) is 0 Å². The van der Waals surface area contributed by atoms with Crippen LogP contribution in [0.25, 0.3) is 11.5 Å². The quantitative estimate of drug-likeness (QED) is 0.725. The molecule has 0 fully saturated rings. The summed E-state index contributed by atoms with van der Waals surface area (Å²) in [7, 11) is 0. The van der Waals surface area contributed by atoms with Crippen LogP contribution in [-0.4, -0.2) is 16.1 Å². The number of amides is 1. The fourth-order valence-corrected chi connectivity index (χ4v) is 1.79. The number of carbonyl (C=O) groups excluding carboxylic acids is 1. The van der Waals surface area contributed by atoms with Crippen molar-refractivity contribution in [1.82, 2.24) is 10.2 Å². The highest BCUT2D eigenvalue weighted by atomic mass is 19.1. The third-order valence-electron chi connectivity index (χ3n) is 2.91. The van der Waals surface area contributed by atoms with Gasteiger partial charge in [-0.2, -0.15) is 0 Å². The molecule has 3 N–H and O–H groups in total. The van der Waals surface area contributed by atoms with Gasteiger partial charge in [-0.25, -0.2) is 4.39 Å². The standard InChI is InChI=1S/C15H11FN4O2/c16-11-5-1-10(2-6-11)14-19-20-15(22-14)18-13(21)9-3-7-12(17)8-4-9/h1-8H,17H2,(H,18,20,21). The molecule has 22 heavy (non-hydrogen) atoms. The van der Waals surface area contributed by atoms with Gasteiger partial charge in [0.2, 0.25) is 5.89 Å². The summed E-state index contributed by atoms with van der Waals surface area (Å²) >= 11 is 0. The number of nitrogens with two attached hydrogens (primary N) is 1. The maximum atomic E-state index is 12.9. The molecule has 0 saturated heterocycles. The van der Waals surface area contributed by atoms with E-state index in [9.17, 15) is 9.18 Å². The van der Waals surface area contributed by atoms with E-state index in [-0.39, 0.29) is 17.7 Å². The van der Waals surface area contributed by atoms with Crippen molar-refractivity contribution >= 4 is 17.6 Å². The van der Waals surface area contributed by atoms with Crippen LogP contribution in [0.15, 0.2) is 52.9 Å². The Morgan fingerprint density at radius 2 is 1.73 bits per heavy atom. The van der Waals surface area contributed by atoms with E-state index in [0.717, 1.165) is 0 Å². The molecular formula is C15H11FN4O2. The molecule has 1 amide bonds. The number of benzene rings is 2. The zero-order chi connectivity index (χ0) is 15.5. The molecule has 1 aromatic heterocycles. The fourth-order valence-electron chi connectivity index (χ4n) is 1.79. The van der Waals surface area contributed by atoms with Gasteiger partial charge in [0.15, 0.2) is 0 Å².